The Kier molecular flexibility index (Phi) is 4.39. The highest BCUT2D eigenvalue weighted by Crippen LogP contribution is 2.40. The minimum Gasteiger partial charge on any atom is -0.325 e. The fourth-order valence-corrected chi connectivity index (χ4v) is 2.51. The number of hydrogen-bond donors (Lipinski definition) is 1. The molecule has 88 valence electrons. The average molecular weight is 209 g/mol. The molecule has 0 saturated heterocycles. The van der Waals surface area contributed by atoms with Crippen LogP contribution in [0.2, 0.25) is 0 Å². The maximum Gasteiger partial charge on any atom is 0.0194 e. The molecule has 1 rings (SSSR count). The lowest BCUT2D eigenvalue weighted by Crippen LogP contribution is -2.25. The van der Waals surface area contributed by atoms with Crippen LogP contribution in [-0.4, -0.2) is 6.04 Å². The van der Waals surface area contributed by atoms with Crippen molar-refractivity contribution < 1.29 is 0 Å². The molecule has 1 aliphatic carbocycles. The summed E-state index contributed by atoms with van der Waals surface area (Å²) in [6.45, 7) is 9.15. The lowest BCUT2D eigenvalue weighted by molar-refractivity contribution is 0.163. The van der Waals surface area contributed by atoms with E-state index >= 15 is 0 Å². The summed E-state index contributed by atoms with van der Waals surface area (Å²) in [5, 5.41) is 0. The molecule has 0 amide bonds. The van der Waals surface area contributed by atoms with Gasteiger partial charge in [0.2, 0.25) is 0 Å². The van der Waals surface area contributed by atoms with Gasteiger partial charge < -0.3 is 5.73 Å². The van der Waals surface area contributed by atoms with Crippen molar-refractivity contribution >= 4 is 0 Å². The minimum absolute atomic E-state index is 0.213. The van der Waals surface area contributed by atoms with E-state index in [1.54, 1.807) is 0 Å². The van der Waals surface area contributed by atoms with E-state index in [0.717, 1.165) is 11.8 Å². The molecule has 0 aromatic rings. The van der Waals surface area contributed by atoms with Crippen LogP contribution in [0.25, 0.3) is 0 Å². The Morgan fingerprint density at radius 2 is 1.67 bits per heavy atom. The van der Waals surface area contributed by atoms with E-state index in [1.165, 1.54) is 25.7 Å². The van der Waals surface area contributed by atoms with Gasteiger partial charge in [-0.1, -0.05) is 32.9 Å². The fourth-order valence-electron chi connectivity index (χ4n) is 2.51. The maximum atomic E-state index is 5.72. The van der Waals surface area contributed by atoms with Gasteiger partial charge in [0, 0.05) is 6.04 Å². The highest BCUT2D eigenvalue weighted by atomic mass is 14.6. The second-order valence-corrected chi connectivity index (χ2v) is 6.22. The lowest BCUT2D eigenvalue weighted by Gasteiger charge is -2.36. The second kappa shape index (κ2) is 5.16. The van der Waals surface area contributed by atoms with Crippen LogP contribution in [-0.2, 0) is 0 Å². The SMILES string of the molecule is CC(N)/C=C/C1CCC(C(C)(C)C)CC1. The van der Waals surface area contributed by atoms with Crippen molar-refractivity contribution in [2.24, 2.45) is 23.0 Å². The zero-order chi connectivity index (χ0) is 11.5. The van der Waals surface area contributed by atoms with E-state index in [1.807, 2.05) is 6.92 Å². The summed E-state index contributed by atoms with van der Waals surface area (Å²) in [5.74, 6) is 1.70. The molecule has 1 heteroatoms. The van der Waals surface area contributed by atoms with Crippen LogP contribution >= 0.6 is 0 Å². The Bertz CT molecular complexity index is 202. The van der Waals surface area contributed by atoms with E-state index in [-0.39, 0.29) is 6.04 Å². The summed E-state index contributed by atoms with van der Waals surface area (Å²) in [6.07, 6.45) is 9.97. The summed E-state index contributed by atoms with van der Waals surface area (Å²) in [4.78, 5) is 0. The molecule has 0 spiro atoms. The van der Waals surface area contributed by atoms with E-state index in [9.17, 15) is 0 Å². The lowest BCUT2D eigenvalue weighted by atomic mass is 9.70. The molecule has 1 unspecified atom stereocenters. The van der Waals surface area contributed by atoms with Crippen LogP contribution in [0.5, 0.6) is 0 Å². The van der Waals surface area contributed by atoms with Crippen LogP contribution < -0.4 is 5.73 Å². The quantitative estimate of drug-likeness (QED) is 0.689. The predicted octanol–water partition coefficient (Wildman–Crippen LogP) is 3.74. The molecule has 1 nitrogen and oxygen atoms in total. The zero-order valence-electron chi connectivity index (χ0n) is 10.8. The molecule has 1 aliphatic rings. The van der Waals surface area contributed by atoms with Crippen LogP contribution in [0.3, 0.4) is 0 Å². The van der Waals surface area contributed by atoms with E-state index in [0.29, 0.717) is 5.41 Å². The first-order valence-electron chi connectivity index (χ1n) is 6.33. The van der Waals surface area contributed by atoms with Gasteiger partial charge in [0.1, 0.15) is 0 Å². The second-order valence-electron chi connectivity index (χ2n) is 6.22. The van der Waals surface area contributed by atoms with Crippen molar-refractivity contribution in [2.75, 3.05) is 0 Å². The Morgan fingerprint density at radius 1 is 1.13 bits per heavy atom. The van der Waals surface area contributed by atoms with Gasteiger partial charge in [0.25, 0.3) is 0 Å². The van der Waals surface area contributed by atoms with Crippen molar-refractivity contribution in [1.29, 1.82) is 0 Å². The van der Waals surface area contributed by atoms with Gasteiger partial charge in [0.05, 0.1) is 0 Å². The first-order chi connectivity index (χ1) is 6.89. The summed E-state index contributed by atoms with van der Waals surface area (Å²) in [7, 11) is 0. The molecule has 0 heterocycles. The highest BCUT2D eigenvalue weighted by Gasteiger charge is 2.28. The molecule has 2 N–H and O–H groups in total. The summed E-state index contributed by atoms with van der Waals surface area (Å²) in [6, 6.07) is 0.213. The molecule has 0 aliphatic heterocycles. The monoisotopic (exact) mass is 209 g/mol. The predicted molar refractivity (Wildman–Crippen MR) is 67.7 cm³/mol. The Balaban J connectivity index is 2.36. The van der Waals surface area contributed by atoms with Crippen LogP contribution in [0.4, 0.5) is 0 Å². The van der Waals surface area contributed by atoms with Crippen LogP contribution in [0, 0.1) is 17.3 Å². The molecule has 1 saturated carbocycles. The van der Waals surface area contributed by atoms with E-state index < -0.39 is 0 Å². The Hall–Kier alpha value is -0.300. The summed E-state index contributed by atoms with van der Waals surface area (Å²) < 4.78 is 0. The van der Waals surface area contributed by atoms with E-state index in [2.05, 4.69) is 32.9 Å². The molecule has 1 fully saturated rings. The Labute approximate surface area is 95.1 Å². The molecule has 0 bridgehead atoms. The smallest absolute Gasteiger partial charge is 0.0194 e. The standard InChI is InChI=1S/C14H27N/c1-11(15)5-6-12-7-9-13(10-8-12)14(2,3)4/h5-6,11-13H,7-10,15H2,1-4H3/b6-5+. The van der Waals surface area contributed by atoms with Crippen LogP contribution in [0.15, 0.2) is 12.2 Å². The van der Waals surface area contributed by atoms with Gasteiger partial charge in [-0.25, -0.2) is 0 Å². The van der Waals surface area contributed by atoms with Gasteiger partial charge in [-0.3, -0.25) is 0 Å². The molecule has 0 aromatic heterocycles. The zero-order valence-corrected chi connectivity index (χ0v) is 10.8. The largest absolute Gasteiger partial charge is 0.325 e. The Morgan fingerprint density at radius 3 is 2.07 bits per heavy atom. The topological polar surface area (TPSA) is 26.0 Å². The van der Waals surface area contributed by atoms with Gasteiger partial charge in [-0.05, 0) is 49.9 Å². The average Bonchev–Trinajstić information content (AvgIpc) is 2.14. The summed E-state index contributed by atoms with van der Waals surface area (Å²) >= 11 is 0. The first kappa shape index (κ1) is 12.8. The van der Waals surface area contributed by atoms with Gasteiger partial charge in [-0.15, -0.1) is 0 Å². The van der Waals surface area contributed by atoms with Crippen molar-refractivity contribution in [3.05, 3.63) is 12.2 Å². The molecular formula is C14H27N. The van der Waals surface area contributed by atoms with Gasteiger partial charge in [0.15, 0.2) is 0 Å². The van der Waals surface area contributed by atoms with Crippen molar-refractivity contribution in [2.45, 2.75) is 59.4 Å². The fraction of sp³-hybridized carbons (Fsp3) is 0.857. The van der Waals surface area contributed by atoms with Crippen molar-refractivity contribution in [3.63, 3.8) is 0 Å². The van der Waals surface area contributed by atoms with Gasteiger partial charge >= 0.3 is 0 Å². The number of nitrogens with two attached hydrogens (primary N) is 1. The van der Waals surface area contributed by atoms with Crippen molar-refractivity contribution in [3.8, 4) is 0 Å². The number of allylic oxidation sites excluding steroid dienone is 1. The molecular weight excluding hydrogens is 182 g/mol. The van der Waals surface area contributed by atoms with E-state index in [4.69, 9.17) is 5.73 Å². The third-order valence-electron chi connectivity index (χ3n) is 3.68. The molecule has 1 atom stereocenters. The van der Waals surface area contributed by atoms with Crippen molar-refractivity contribution in [1.82, 2.24) is 0 Å². The maximum absolute atomic E-state index is 5.72. The molecule has 0 radical (unpaired) electrons. The normalized spacial score (nSPS) is 30.7. The van der Waals surface area contributed by atoms with Crippen LogP contribution in [0.1, 0.15) is 53.4 Å². The first-order valence-corrected chi connectivity index (χ1v) is 6.33. The number of rotatable bonds is 2. The van der Waals surface area contributed by atoms with Gasteiger partial charge in [-0.2, -0.15) is 0 Å². The summed E-state index contributed by atoms with van der Waals surface area (Å²) in [5.41, 5.74) is 6.22. The number of hydrogen-bond acceptors (Lipinski definition) is 1. The highest BCUT2D eigenvalue weighted by molar-refractivity contribution is 4.96. The minimum atomic E-state index is 0.213. The third kappa shape index (κ3) is 4.38. The molecule has 15 heavy (non-hydrogen) atoms. The molecule has 0 aromatic carbocycles. The third-order valence-corrected chi connectivity index (χ3v) is 3.68.